The summed E-state index contributed by atoms with van der Waals surface area (Å²) < 4.78 is 5.11. The summed E-state index contributed by atoms with van der Waals surface area (Å²) in [5.41, 5.74) is 1.81. The van der Waals surface area contributed by atoms with Gasteiger partial charge in [-0.05, 0) is 18.6 Å². The number of carbonyl (C=O) groups excluding carboxylic acids is 1. The van der Waals surface area contributed by atoms with Crippen molar-refractivity contribution in [1.82, 2.24) is 0 Å². The third-order valence-corrected chi connectivity index (χ3v) is 6.06. The molecule has 0 unspecified atom stereocenters. The number of halogens is 3. The van der Waals surface area contributed by atoms with Gasteiger partial charge in [0.05, 0.1) is 38.3 Å². The van der Waals surface area contributed by atoms with Crippen molar-refractivity contribution < 1.29 is 19.4 Å². The number of carboxylic acids is 1. The Bertz CT molecular complexity index is 1130. The molecule has 0 bridgehead atoms. The molecule has 150 valence electrons. The second-order valence-corrected chi connectivity index (χ2v) is 8.12. The topological polar surface area (TPSA) is 75.6 Å². The molecule has 1 aromatic heterocycles. The van der Waals surface area contributed by atoms with Gasteiger partial charge < -0.3 is 15.2 Å². The van der Waals surface area contributed by atoms with Gasteiger partial charge in [-0.2, -0.15) is 0 Å². The molecule has 29 heavy (non-hydrogen) atoms. The first kappa shape index (κ1) is 21.5. The lowest BCUT2D eigenvalue weighted by Gasteiger charge is -2.13. The van der Waals surface area contributed by atoms with Crippen molar-refractivity contribution in [2.45, 2.75) is 6.92 Å². The fraction of sp³-hybridized carbons (Fsp3) is 0.100. The average molecular weight is 471 g/mol. The number of hydrogen-bond donors (Lipinski definition) is 2. The van der Waals surface area contributed by atoms with Crippen molar-refractivity contribution in [3.05, 3.63) is 67.5 Å². The molecule has 2 N–H and O–H groups in total. The highest BCUT2D eigenvalue weighted by molar-refractivity contribution is 7.14. The standard InChI is InChI=1S/C20H14Cl3NO4S/c1-9-4-3-5-10(6-9)18-15(20(26)27)13(8-29-18)24-19(25)14-11(21)7-12(22)17(28-2)16(14)23/h3-8H,1-2H3,(H,24,25)(H,26,27). The van der Waals surface area contributed by atoms with Gasteiger partial charge in [-0.15, -0.1) is 11.3 Å². The number of carbonyl (C=O) groups is 2. The van der Waals surface area contributed by atoms with Gasteiger partial charge >= 0.3 is 5.97 Å². The molecule has 2 aromatic carbocycles. The van der Waals surface area contributed by atoms with E-state index in [4.69, 9.17) is 39.5 Å². The number of rotatable bonds is 5. The lowest BCUT2D eigenvalue weighted by molar-refractivity contribution is 0.0699. The molecule has 0 aliphatic carbocycles. The van der Waals surface area contributed by atoms with Gasteiger partial charge in [0.25, 0.3) is 5.91 Å². The quantitative estimate of drug-likeness (QED) is 0.438. The molecule has 0 aliphatic rings. The van der Waals surface area contributed by atoms with Gasteiger partial charge in [0.2, 0.25) is 0 Å². The lowest BCUT2D eigenvalue weighted by atomic mass is 10.1. The molecule has 0 saturated heterocycles. The van der Waals surface area contributed by atoms with Gasteiger partial charge in [0, 0.05) is 5.38 Å². The van der Waals surface area contributed by atoms with Crippen LogP contribution in [0.5, 0.6) is 5.75 Å². The van der Waals surface area contributed by atoms with Crippen LogP contribution in [0, 0.1) is 6.92 Å². The number of carboxylic acid groups (broad SMARTS) is 1. The first-order valence-corrected chi connectivity index (χ1v) is 10.2. The third kappa shape index (κ3) is 4.21. The Morgan fingerprint density at radius 2 is 1.83 bits per heavy atom. The maximum Gasteiger partial charge on any atom is 0.339 e. The summed E-state index contributed by atoms with van der Waals surface area (Å²) in [5, 5.41) is 14.0. The van der Waals surface area contributed by atoms with Crippen LogP contribution in [0.25, 0.3) is 10.4 Å². The molecule has 0 saturated carbocycles. The molecule has 1 heterocycles. The summed E-state index contributed by atoms with van der Waals surface area (Å²) >= 11 is 19.6. The van der Waals surface area contributed by atoms with E-state index >= 15 is 0 Å². The summed E-state index contributed by atoms with van der Waals surface area (Å²) in [5.74, 6) is -1.73. The Balaban J connectivity index is 2.04. The lowest BCUT2D eigenvalue weighted by Crippen LogP contribution is -2.15. The van der Waals surface area contributed by atoms with Crippen molar-refractivity contribution >= 4 is 63.7 Å². The van der Waals surface area contributed by atoms with Gasteiger partial charge in [-0.1, -0.05) is 64.6 Å². The zero-order valence-corrected chi connectivity index (χ0v) is 18.3. The summed E-state index contributed by atoms with van der Waals surface area (Å²) in [6, 6.07) is 8.79. The second-order valence-electron chi connectivity index (χ2n) is 6.04. The summed E-state index contributed by atoms with van der Waals surface area (Å²) in [6.07, 6.45) is 0. The van der Waals surface area contributed by atoms with Crippen molar-refractivity contribution in [2.24, 2.45) is 0 Å². The van der Waals surface area contributed by atoms with Crippen LogP contribution in [0.3, 0.4) is 0 Å². The second kappa shape index (κ2) is 8.63. The van der Waals surface area contributed by atoms with Crippen LogP contribution >= 0.6 is 46.1 Å². The maximum atomic E-state index is 12.8. The van der Waals surface area contributed by atoms with E-state index in [1.54, 1.807) is 5.38 Å². The Hall–Kier alpha value is -2.25. The maximum absolute atomic E-state index is 12.8. The molecular formula is C20H14Cl3NO4S. The van der Waals surface area contributed by atoms with Crippen LogP contribution in [0.1, 0.15) is 26.3 Å². The molecule has 9 heteroatoms. The summed E-state index contributed by atoms with van der Waals surface area (Å²) in [4.78, 5) is 25.3. The van der Waals surface area contributed by atoms with Crippen LogP contribution < -0.4 is 10.1 Å². The van der Waals surface area contributed by atoms with Crippen LogP contribution in [0.4, 0.5) is 5.69 Å². The number of hydrogen-bond acceptors (Lipinski definition) is 4. The zero-order valence-electron chi connectivity index (χ0n) is 15.2. The normalized spacial score (nSPS) is 10.7. The third-order valence-electron chi connectivity index (χ3n) is 4.09. The van der Waals surface area contributed by atoms with E-state index in [1.807, 2.05) is 31.2 Å². The number of methoxy groups -OCH3 is 1. The van der Waals surface area contributed by atoms with Gasteiger partial charge in [0.15, 0.2) is 5.75 Å². The predicted molar refractivity (Wildman–Crippen MR) is 117 cm³/mol. The highest BCUT2D eigenvalue weighted by atomic mass is 35.5. The van der Waals surface area contributed by atoms with Gasteiger partial charge in [-0.3, -0.25) is 4.79 Å². The average Bonchev–Trinajstić information content (AvgIpc) is 3.05. The molecular weight excluding hydrogens is 457 g/mol. The van der Waals surface area contributed by atoms with E-state index in [9.17, 15) is 14.7 Å². The van der Waals surface area contributed by atoms with Crippen LogP contribution in [-0.4, -0.2) is 24.1 Å². The zero-order chi connectivity index (χ0) is 21.3. The number of anilines is 1. The van der Waals surface area contributed by atoms with Crippen molar-refractivity contribution in [1.29, 1.82) is 0 Å². The van der Waals surface area contributed by atoms with Gasteiger partial charge in [-0.25, -0.2) is 4.79 Å². The molecule has 3 aromatic rings. The van der Waals surface area contributed by atoms with Crippen LogP contribution in [0.2, 0.25) is 15.1 Å². The van der Waals surface area contributed by atoms with E-state index in [0.717, 1.165) is 11.1 Å². The molecule has 0 fully saturated rings. The summed E-state index contributed by atoms with van der Waals surface area (Å²) in [7, 11) is 1.36. The predicted octanol–water partition coefficient (Wildman–Crippen LogP) is 6.64. The number of ether oxygens (including phenoxy) is 1. The molecule has 0 spiro atoms. The van der Waals surface area contributed by atoms with E-state index < -0.39 is 11.9 Å². The number of benzene rings is 2. The minimum atomic E-state index is -1.16. The smallest absolute Gasteiger partial charge is 0.339 e. The van der Waals surface area contributed by atoms with E-state index in [0.29, 0.717) is 4.88 Å². The molecule has 0 radical (unpaired) electrons. The van der Waals surface area contributed by atoms with Crippen molar-refractivity contribution in [3.63, 3.8) is 0 Å². The first-order chi connectivity index (χ1) is 13.7. The largest absolute Gasteiger partial charge is 0.494 e. The molecule has 3 rings (SSSR count). The van der Waals surface area contributed by atoms with Crippen molar-refractivity contribution in [2.75, 3.05) is 12.4 Å². The number of aryl methyl sites for hydroxylation is 1. The highest BCUT2D eigenvalue weighted by Crippen LogP contribution is 2.41. The number of amides is 1. The molecule has 0 atom stereocenters. The Labute approximate surface area is 185 Å². The molecule has 0 aliphatic heterocycles. The highest BCUT2D eigenvalue weighted by Gasteiger charge is 2.25. The fourth-order valence-electron chi connectivity index (χ4n) is 2.81. The number of nitrogens with one attached hydrogen (secondary N) is 1. The van der Waals surface area contributed by atoms with Crippen LogP contribution in [-0.2, 0) is 0 Å². The van der Waals surface area contributed by atoms with Gasteiger partial charge in [0.1, 0.15) is 5.56 Å². The van der Waals surface area contributed by atoms with E-state index in [-0.39, 0.29) is 37.6 Å². The fourth-order valence-corrected chi connectivity index (χ4v) is 4.89. The Kier molecular flexibility index (Phi) is 6.39. The molecule has 1 amide bonds. The Morgan fingerprint density at radius 3 is 2.45 bits per heavy atom. The monoisotopic (exact) mass is 469 g/mol. The number of aromatic carboxylic acids is 1. The molecule has 5 nitrogen and oxygen atoms in total. The van der Waals surface area contributed by atoms with E-state index in [1.165, 1.54) is 24.5 Å². The SMILES string of the molecule is COc1c(Cl)cc(Cl)c(C(=O)Nc2csc(-c3cccc(C)c3)c2C(=O)O)c1Cl. The van der Waals surface area contributed by atoms with E-state index in [2.05, 4.69) is 5.32 Å². The minimum absolute atomic E-state index is 0.0119. The number of thiophene rings is 1. The summed E-state index contributed by atoms with van der Waals surface area (Å²) in [6.45, 7) is 1.91. The first-order valence-electron chi connectivity index (χ1n) is 8.19. The Morgan fingerprint density at radius 1 is 1.10 bits per heavy atom. The minimum Gasteiger partial charge on any atom is -0.494 e. The van der Waals surface area contributed by atoms with Crippen molar-refractivity contribution in [3.8, 4) is 16.2 Å². The van der Waals surface area contributed by atoms with Crippen LogP contribution in [0.15, 0.2) is 35.7 Å².